The zero-order chi connectivity index (χ0) is 21.1. The molecule has 1 aromatic carbocycles. The highest BCUT2D eigenvalue weighted by molar-refractivity contribution is 5.44. The highest BCUT2D eigenvalue weighted by Gasteiger charge is 2.10. The molecule has 3 aromatic heterocycles. The number of rotatable bonds is 6. The summed E-state index contributed by atoms with van der Waals surface area (Å²) < 4.78 is 18.5. The number of pyridine rings is 2. The average Bonchev–Trinajstić information content (AvgIpc) is 2.76. The van der Waals surface area contributed by atoms with Crippen LogP contribution in [0.25, 0.3) is 5.65 Å². The van der Waals surface area contributed by atoms with E-state index in [0.29, 0.717) is 40.9 Å². The summed E-state index contributed by atoms with van der Waals surface area (Å²) in [5, 5.41) is 0. The van der Waals surface area contributed by atoms with E-state index in [-0.39, 0.29) is 5.56 Å². The Bertz CT molecular complexity index is 1250. The summed E-state index contributed by atoms with van der Waals surface area (Å²) in [5.74, 6) is 1.77. The standard InChI is InChI=1S/C23H21N3O4/c1-15-4-6-17(7-5-15)14-29-22-20(28-3)10-19(12-25-22)30-18-8-9-21-24-11-16(2)23(27)26(21)13-18/h4-13H,14H2,1-3H3. The van der Waals surface area contributed by atoms with Crippen LogP contribution >= 0.6 is 0 Å². The van der Waals surface area contributed by atoms with E-state index >= 15 is 0 Å². The van der Waals surface area contributed by atoms with Gasteiger partial charge in [-0.3, -0.25) is 9.20 Å². The van der Waals surface area contributed by atoms with E-state index in [9.17, 15) is 4.79 Å². The van der Waals surface area contributed by atoms with Gasteiger partial charge >= 0.3 is 0 Å². The van der Waals surface area contributed by atoms with Crippen molar-refractivity contribution in [2.24, 2.45) is 0 Å². The quantitative estimate of drug-likeness (QED) is 0.483. The monoisotopic (exact) mass is 403 g/mol. The van der Waals surface area contributed by atoms with Crippen LogP contribution in [0.1, 0.15) is 16.7 Å². The molecular formula is C23H21N3O4. The molecule has 0 aliphatic rings. The van der Waals surface area contributed by atoms with Gasteiger partial charge in [0.05, 0.1) is 19.5 Å². The molecule has 0 aliphatic heterocycles. The van der Waals surface area contributed by atoms with Gasteiger partial charge in [-0.15, -0.1) is 0 Å². The van der Waals surface area contributed by atoms with Gasteiger partial charge in [0.15, 0.2) is 5.75 Å². The number of hydrogen-bond acceptors (Lipinski definition) is 6. The molecule has 30 heavy (non-hydrogen) atoms. The van der Waals surface area contributed by atoms with Gasteiger partial charge in [0.2, 0.25) is 0 Å². The Morgan fingerprint density at radius 1 is 0.967 bits per heavy atom. The van der Waals surface area contributed by atoms with Crippen molar-refractivity contribution >= 4 is 5.65 Å². The molecular weight excluding hydrogens is 382 g/mol. The molecule has 0 N–H and O–H groups in total. The summed E-state index contributed by atoms with van der Waals surface area (Å²) in [5.41, 5.74) is 3.20. The van der Waals surface area contributed by atoms with Crippen LogP contribution in [-0.2, 0) is 6.61 Å². The molecule has 4 aromatic rings. The molecule has 7 heteroatoms. The van der Waals surface area contributed by atoms with Crippen molar-refractivity contribution in [1.29, 1.82) is 0 Å². The Kier molecular flexibility index (Phi) is 5.34. The Morgan fingerprint density at radius 3 is 2.53 bits per heavy atom. The van der Waals surface area contributed by atoms with Crippen molar-refractivity contribution in [3.63, 3.8) is 0 Å². The van der Waals surface area contributed by atoms with E-state index in [0.717, 1.165) is 5.56 Å². The van der Waals surface area contributed by atoms with Crippen molar-refractivity contribution < 1.29 is 14.2 Å². The lowest BCUT2D eigenvalue weighted by atomic mass is 10.2. The Hall–Kier alpha value is -3.87. The molecule has 0 fully saturated rings. The zero-order valence-corrected chi connectivity index (χ0v) is 17.0. The largest absolute Gasteiger partial charge is 0.491 e. The molecule has 0 atom stereocenters. The molecule has 3 heterocycles. The van der Waals surface area contributed by atoms with Crippen molar-refractivity contribution in [2.45, 2.75) is 20.5 Å². The predicted octanol–water partition coefficient (Wildman–Crippen LogP) is 4.09. The van der Waals surface area contributed by atoms with Gasteiger partial charge in [-0.1, -0.05) is 29.8 Å². The third-order valence-electron chi connectivity index (χ3n) is 4.59. The number of ether oxygens (including phenoxy) is 3. The number of nitrogens with zero attached hydrogens (tertiary/aromatic N) is 3. The molecule has 0 radical (unpaired) electrons. The Balaban J connectivity index is 1.54. The molecule has 7 nitrogen and oxygen atoms in total. The van der Waals surface area contributed by atoms with E-state index in [4.69, 9.17) is 14.2 Å². The normalized spacial score (nSPS) is 10.8. The maximum absolute atomic E-state index is 12.3. The fourth-order valence-electron chi connectivity index (χ4n) is 2.91. The summed E-state index contributed by atoms with van der Waals surface area (Å²) in [6, 6.07) is 13.2. The summed E-state index contributed by atoms with van der Waals surface area (Å²) in [6.07, 6.45) is 4.71. The van der Waals surface area contributed by atoms with Gasteiger partial charge in [0, 0.05) is 17.8 Å². The average molecular weight is 403 g/mol. The second kappa shape index (κ2) is 8.24. The summed E-state index contributed by atoms with van der Waals surface area (Å²) >= 11 is 0. The molecule has 0 aliphatic carbocycles. The molecule has 152 valence electrons. The number of aromatic nitrogens is 3. The smallest absolute Gasteiger partial charge is 0.260 e. The van der Waals surface area contributed by atoms with Gasteiger partial charge in [-0.05, 0) is 31.5 Å². The second-order valence-electron chi connectivity index (χ2n) is 6.89. The van der Waals surface area contributed by atoms with Crippen LogP contribution in [0.4, 0.5) is 0 Å². The van der Waals surface area contributed by atoms with E-state index in [1.807, 2.05) is 31.2 Å². The van der Waals surface area contributed by atoms with Gasteiger partial charge in [0.1, 0.15) is 23.8 Å². The van der Waals surface area contributed by atoms with E-state index in [1.54, 1.807) is 50.8 Å². The number of fused-ring (bicyclic) bond motifs is 1. The van der Waals surface area contributed by atoms with Crippen LogP contribution in [0.15, 0.2) is 65.8 Å². The van der Waals surface area contributed by atoms with E-state index in [1.165, 1.54) is 9.96 Å². The van der Waals surface area contributed by atoms with Crippen LogP contribution in [0.3, 0.4) is 0 Å². The number of methoxy groups -OCH3 is 1. The number of hydrogen-bond donors (Lipinski definition) is 0. The fraction of sp³-hybridized carbons (Fsp3) is 0.174. The zero-order valence-electron chi connectivity index (χ0n) is 17.0. The minimum Gasteiger partial charge on any atom is -0.491 e. The fourth-order valence-corrected chi connectivity index (χ4v) is 2.91. The second-order valence-corrected chi connectivity index (χ2v) is 6.89. The Morgan fingerprint density at radius 2 is 1.77 bits per heavy atom. The van der Waals surface area contributed by atoms with Crippen molar-refractivity contribution in [3.05, 3.63) is 88.1 Å². The van der Waals surface area contributed by atoms with Crippen molar-refractivity contribution in [2.75, 3.05) is 7.11 Å². The molecule has 0 spiro atoms. The first kappa shape index (κ1) is 19.4. The topological polar surface area (TPSA) is 75.0 Å². The lowest BCUT2D eigenvalue weighted by Gasteiger charge is -2.12. The maximum atomic E-state index is 12.3. The van der Waals surface area contributed by atoms with Gasteiger partial charge in [-0.25, -0.2) is 9.97 Å². The summed E-state index contributed by atoms with van der Waals surface area (Å²) in [7, 11) is 1.55. The van der Waals surface area contributed by atoms with Crippen LogP contribution in [-0.4, -0.2) is 21.5 Å². The van der Waals surface area contributed by atoms with Crippen LogP contribution in [0.5, 0.6) is 23.1 Å². The first-order valence-electron chi connectivity index (χ1n) is 9.42. The first-order valence-corrected chi connectivity index (χ1v) is 9.42. The molecule has 0 unspecified atom stereocenters. The SMILES string of the molecule is COc1cc(Oc2ccc3ncc(C)c(=O)n3c2)cnc1OCc1ccc(C)cc1. The first-order chi connectivity index (χ1) is 14.5. The third-order valence-corrected chi connectivity index (χ3v) is 4.59. The number of aryl methyl sites for hydroxylation is 2. The van der Waals surface area contributed by atoms with Crippen molar-refractivity contribution in [1.82, 2.24) is 14.4 Å². The van der Waals surface area contributed by atoms with Crippen LogP contribution in [0.2, 0.25) is 0 Å². The minimum absolute atomic E-state index is 0.138. The Labute approximate surface area is 173 Å². The molecule has 0 saturated heterocycles. The lowest BCUT2D eigenvalue weighted by Crippen LogP contribution is -2.16. The van der Waals surface area contributed by atoms with Gasteiger partial charge < -0.3 is 14.2 Å². The van der Waals surface area contributed by atoms with Crippen LogP contribution in [0, 0.1) is 13.8 Å². The lowest BCUT2D eigenvalue weighted by molar-refractivity contribution is 0.271. The molecule has 0 saturated carbocycles. The molecule has 0 bridgehead atoms. The highest BCUT2D eigenvalue weighted by atomic mass is 16.5. The van der Waals surface area contributed by atoms with Crippen LogP contribution < -0.4 is 19.8 Å². The third kappa shape index (κ3) is 4.10. The molecule has 4 rings (SSSR count). The van der Waals surface area contributed by atoms with E-state index in [2.05, 4.69) is 9.97 Å². The minimum atomic E-state index is -0.138. The molecule has 0 amide bonds. The van der Waals surface area contributed by atoms with Gasteiger partial charge in [0.25, 0.3) is 11.4 Å². The predicted molar refractivity (Wildman–Crippen MR) is 113 cm³/mol. The summed E-state index contributed by atoms with van der Waals surface area (Å²) in [4.78, 5) is 20.9. The maximum Gasteiger partial charge on any atom is 0.260 e. The van der Waals surface area contributed by atoms with E-state index < -0.39 is 0 Å². The van der Waals surface area contributed by atoms with Gasteiger partial charge in [-0.2, -0.15) is 0 Å². The summed E-state index contributed by atoms with van der Waals surface area (Å²) in [6.45, 7) is 4.14. The van der Waals surface area contributed by atoms with Crippen molar-refractivity contribution in [3.8, 4) is 23.1 Å². The highest BCUT2D eigenvalue weighted by Crippen LogP contribution is 2.31. The number of benzene rings is 1.